The van der Waals surface area contributed by atoms with Gasteiger partial charge in [-0.1, -0.05) is 35.9 Å². The largest absolute Gasteiger partial charge is 0.335 e. The van der Waals surface area contributed by atoms with Crippen LogP contribution in [0.15, 0.2) is 36.9 Å². The first-order valence-corrected chi connectivity index (χ1v) is 10.4. The number of halogens is 1. The Morgan fingerprint density at radius 1 is 1.04 bits per heavy atom. The fraction of sp³-hybridized carbons (Fsp3) is 0.353. The summed E-state index contributed by atoms with van der Waals surface area (Å²) in [6.07, 6.45) is 3.37. The van der Waals surface area contributed by atoms with Crippen LogP contribution < -0.4 is 0 Å². The molecular formula is C17H20ClN4O3P. The van der Waals surface area contributed by atoms with Gasteiger partial charge in [0.15, 0.2) is 10.8 Å². The lowest BCUT2D eigenvalue weighted by Crippen LogP contribution is -2.01. The summed E-state index contributed by atoms with van der Waals surface area (Å²) in [5, 5.41) is 0.340. The van der Waals surface area contributed by atoms with Crippen molar-refractivity contribution in [3.63, 3.8) is 0 Å². The van der Waals surface area contributed by atoms with E-state index >= 15 is 0 Å². The second-order valence-corrected chi connectivity index (χ2v) is 8.04. The molecule has 0 N–H and O–H groups in total. The van der Waals surface area contributed by atoms with E-state index in [0.717, 1.165) is 11.1 Å². The van der Waals surface area contributed by atoms with E-state index in [2.05, 4.69) is 15.0 Å². The van der Waals surface area contributed by atoms with Crippen LogP contribution in [0.3, 0.4) is 0 Å². The van der Waals surface area contributed by atoms with Crippen LogP contribution >= 0.6 is 19.2 Å². The number of benzene rings is 1. The summed E-state index contributed by atoms with van der Waals surface area (Å²) in [6.45, 7) is 4.92. The molecule has 2 heterocycles. The second kappa shape index (κ2) is 8.27. The summed E-state index contributed by atoms with van der Waals surface area (Å²) >= 11 is 6.03. The van der Waals surface area contributed by atoms with Crippen molar-refractivity contribution >= 4 is 30.4 Å². The summed E-state index contributed by atoms with van der Waals surface area (Å²) in [5.74, 6) is 0. The molecule has 1 aromatic carbocycles. The number of fused-ring (bicyclic) bond motifs is 1. The van der Waals surface area contributed by atoms with Crippen LogP contribution in [0.1, 0.15) is 25.0 Å². The fourth-order valence-corrected chi connectivity index (χ4v) is 4.54. The Bertz CT molecular complexity index is 919. The van der Waals surface area contributed by atoms with Gasteiger partial charge in [-0.2, -0.15) is 0 Å². The van der Waals surface area contributed by atoms with E-state index in [4.69, 9.17) is 20.6 Å². The summed E-state index contributed by atoms with van der Waals surface area (Å²) in [7, 11) is -3.10. The number of nitrogens with zero attached hydrogens (tertiary/aromatic N) is 4. The highest BCUT2D eigenvalue weighted by Gasteiger charge is 2.23. The molecule has 0 aliphatic carbocycles. The molecule has 0 amide bonds. The first-order valence-electron chi connectivity index (χ1n) is 8.32. The minimum atomic E-state index is -3.10. The van der Waals surface area contributed by atoms with Gasteiger partial charge in [-0.3, -0.25) is 4.57 Å². The number of hydrogen-bond donors (Lipinski definition) is 0. The van der Waals surface area contributed by atoms with Crippen LogP contribution in [0.25, 0.3) is 11.2 Å². The van der Waals surface area contributed by atoms with Crippen molar-refractivity contribution in [2.75, 3.05) is 13.2 Å². The molecule has 0 bridgehead atoms. The molecule has 3 rings (SSSR count). The first kappa shape index (κ1) is 19.0. The third-order valence-corrected chi connectivity index (χ3v) is 6.09. The normalized spacial score (nSPS) is 12.0. The van der Waals surface area contributed by atoms with Crippen molar-refractivity contribution in [1.82, 2.24) is 19.5 Å². The van der Waals surface area contributed by atoms with Gasteiger partial charge in [0.1, 0.15) is 11.8 Å². The van der Waals surface area contributed by atoms with Crippen LogP contribution in [0.4, 0.5) is 0 Å². The Hall–Kier alpha value is -1.79. The van der Waals surface area contributed by atoms with Gasteiger partial charge < -0.3 is 13.6 Å². The summed E-state index contributed by atoms with van der Waals surface area (Å²) < 4.78 is 25.2. The van der Waals surface area contributed by atoms with Crippen molar-refractivity contribution in [3.8, 4) is 0 Å². The van der Waals surface area contributed by atoms with Gasteiger partial charge in [0.25, 0.3) is 0 Å². The number of aromatic nitrogens is 4. The molecule has 0 aliphatic rings. The maximum Gasteiger partial charge on any atom is 0.335 e. The molecule has 138 valence electrons. The van der Waals surface area contributed by atoms with Gasteiger partial charge >= 0.3 is 7.60 Å². The Labute approximate surface area is 156 Å². The third kappa shape index (κ3) is 4.30. The van der Waals surface area contributed by atoms with E-state index in [9.17, 15) is 4.57 Å². The maximum absolute atomic E-state index is 12.6. The Morgan fingerprint density at radius 2 is 1.69 bits per heavy atom. The van der Waals surface area contributed by atoms with Crippen LogP contribution in [-0.4, -0.2) is 32.7 Å². The number of rotatable bonds is 8. The second-order valence-electron chi connectivity index (χ2n) is 5.63. The van der Waals surface area contributed by atoms with Crippen LogP contribution in [0.5, 0.6) is 0 Å². The zero-order chi connectivity index (χ0) is 18.6. The van der Waals surface area contributed by atoms with Crippen molar-refractivity contribution < 1.29 is 13.6 Å². The van der Waals surface area contributed by atoms with Crippen molar-refractivity contribution in [2.45, 2.75) is 26.6 Å². The SMILES string of the molecule is CCOP(=O)(Cc1ccc(Cn2cnc3c(Cl)ncnc32)cc1)OCC. The Kier molecular flexibility index (Phi) is 6.04. The molecule has 3 aromatic rings. The standard InChI is InChI=1S/C17H20ClN4O3P/c1-3-24-26(23,25-4-2)10-14-7-5-13(6-8-14)9-22-12-21-15-16(18)19-11-20-17(15)22/h5-8,11-12H,3-4,9-10H2,1-2H3. The third-order valence-electron chi connectivity index (χ3n) is 3.76. The smallest absolute Gasteiger partial charge is 0.311 e. The van der Waals surface area contributed by atoms with Crippen LogP contribution in [0.2, 0.25) is 5.15 Å². The highest BCUT2D eigenvalue weighted by molar-refractivity contribution is 7.53. The Morgan fingerprint density at radius 3 is 2.35 bits per heavy atom. The molecule has 0 fully saturated rings. The molecule has 0 saturated heterocycles. The lowest BCUT2D eigenvalue weighted by atomic mass is 10.1. The molecule has 9 heteroatoms. The molecule has 0 spiro atoms. The minimum Gasteiger partial charge on any atom is -0.311 e. The molecular weight excluding hydrogens is 375 g/mol. The molecule has 26 heavy (non-hydrogen) atoms. The minimum absolute atomic E-state index is 0.256. The average Bonchev–Trinajstić information content (AvgIpc) is 3.01. The van der Waals surface area contributed by atoms with Gasteiger partial charge in [0.2, 0.25) is 0 Å². The molecule has 0 saturated carbocycles. The number of imidazole rings is 1. The van der Waals surface area contributed by atoms with Crippen molar-refractivity contribution in [1.29, 1.82) is 0 Å². The Balaban J connectivity index is 1.75. The quantitative estimate of drug-likeness (QED) is 0.419. The summed E-state index contributed by atoms with van der Waals surface area (Å²) in [6, 6.07) is 7.82. The summed E-state index contributed by atoms with van der Waals surface area (Å²) in [5.41, 5.74) is 3.23. The van der Waals surface area contributed by atoms with Gasteiger partial charge in [-0.15, -0.1) is 0 Å². The van der Waals surface area contributed by atoms with Gasteiger partial charge in [-0.05, 0) is 25.0 Å². The maximum atomic E-state index is 12.6. The van der Waals surface area contributed by atoms with E-state index in [1.165, 1.54) is 6.33 Å². The van der Waals surface area contributed by atoms with Crippen molar-refractivity contribution in [2.24, 2.45) is 0 Å². The molecule has 0 atom stereocenters. The molecule has 0 radical (unpaired) electrons. The van der Waals surface area contributed by atoms with E-state index in [1.807, 2.05) is 28.8 Å². The predicted molar refractivity (Wildman–Crippen MR) is 100 cm³/mol. The summed E-state index contributed by atoms with van der Waals surface area (Å²) in [4.78, 5) is 12.4. The van der Waals surface area contributed by atoms with Crippen molar-refractivity contribution in [3.05, 3.63) is 53.2 Å². The lowest BCUT2D eigenvalue weighted by molar-refractivity contribution is 0.219. The molecule has 2 aromatic heterocycles. The monoisotopic (exact) mass is 394 g/mol. The molecule has 0 aliphatic heterocycles. The topological polar surface area (TPSA) is 79.1 Å². The van der Waals surface area contributed by atoms with Crippen LogP contribution in [-0.2, 0) is 26.3 Å². The predicted octanol–water partition coefficient (Wildman–Crippen LogP) is 4.29. The zero-order valence-electron chi connectivity index (χ0n) is 14.6. The number of hydrogen-bond acceptors (Lipinski definition) is 6. The first-order chi connectivity index (χ1) is 12.5. The zero-order valence-corrected chi connectivity index (χ0v) is 16.3. The lowest BCUT2D eigenvalue weighted by Gasteiger charge is -2.17. The highest BCUT2D eigenvalue weighted by atomic mass is 35.5. The average molecular weight is 395 g/mol. The van der Waals surface area contributed by atoms with E-state index in [1.54, 1.807) is 20.2 Å². The van der Waals surface area contributed by atoms with E-state index < -0.39 is 7.60 Å². The molecule has 0 unspecified atom stereocenters. The fourth-order valence-electron chi connectivity index (χ4n) is 2.66. The highest BCUT2D eigenvalue weighted by Crippen LogP contribution is 2.51. The van der Waals surface area contributed by atoms with E-state index in [-0.39, 0.29) is 6.16 Å². The van der Waals surface area contributed by atoms with Gasteiger partial charge in [-0.25, -0.2) is 15.0 Å². The van der Waals surface area contributed by atoms with E-state index in [0.29, 0.717) is 36.1 Å². The van der Waals surface area contributed by atoms with Gasteiger partial charge in [0.05, 0.1) is 32.2 Å². The molecule has 7 nitrogen and oxygen atoms in total. The van der Waals surface area contributed by atoms with Gasteiger partial charge in [0, 0.05) is 0 Å². The van der Waals surface area contributed by atoms with Crippen LogP contribution in [0, 0.1) is 0 Å².